The van der Waals surface area contributed by atoms with Crippen LogP contribution < -0.4 is 5.69 Å². The van der Waals surface area contributed by atoms with Gasteiger partial charge in [-0.2, -0.15) is 0 Å². The highest BCUT2D eigenvalue weighted by atomic mass is 16.2. The van der Waals surface area contributed by atoms with Crippen molar-refractivity contribution in [2.24, 2.45) is 7.05 Å². The van der Waals surface area contributed by atoms with Gasteiger partial charge in [0.1, 0.15) is 0 Å². The number of carbonyl (C=O) groups excluding carboxylic acids is 1. The number of H-pyrrole nitrogens is 1. The summed E-state index contributed by atoms with van der Waals surface area (Å²) >= 11 is 0. The molecule has 1 N–H and O–H groups in total. The van der Waals surface area contributed by atoms with Crippen LogP contribution in [0.4, 0.5) is 0 Å². The molecule has 1 saturated heterocycles. The summed E-state index contributed by atoms with van der Waals surface area (Å²) in [4.78, 5) is 27.1. The minimum atomic E-state index is -0.352. The van der Waals surface area contributed by atoms with Gasteiger partial charge >= 0.3 is 5.69 Å². The zero-order valence-corrected chi connectivity index (χ0v) is 8.69. The predicted molar refractivity (Wildman–Crippen MR) is 53.6 cm³/mol. The molecule has 0 unspecified atom stereocenters. The minimum Gasteiger partial charge on any atom is -0.336 e. The Morgan fingerprint density at radius 3 is 2.53 bits per heavy atom. The van der Waals surface area contributed by atoms with Crippen LogP contribution in [0.25, 0.3) is 0 Å². The largest absolute Gasteiger partial charge is 0.343 e. The Morgan fingerprint density at radius 2 is 2.00 bits per heavy atom. The first-order chi connectivity index (χ1) is 7.18. The highest BCUT2D eigenvalue weighted by Gasteiger charge is 2.21. The SMILES string of the molecule is Cn1nc(C(=O)N2CCCCC2)[nH]c1=O. The number of hydrogen-bond donors (Lipinski definition) is 1. The van der Waals surface area contributed by atoms with E-state index in [1.54, 1.807) is 4.90 Å². The van der Waals surface area contributed by atoms with Gasteiger partial charge in [-0.1, -0.05) is 0 Å². The standard InChI is InChI=1S/C9H14N4O2/c1-12-9(15)10-7(11-12)8(14)13-5-3-2-4-6-13/h2-6H2,1H3,(H,10,11,15). The Balaban J connectivity index is 2.16. The quantitative estimate of drug-likeness (QED) is 0.694. The van der Waals surface area contributed by atoms with E-state index in [0.717, 1.165) is 30.6 Å². The van der Waals surface area contributed by atoms with Crippen molar-refractivity contribution < 1.29 is 4.79 Å². The summed E-state index contributed by atoms with van der Waals surface area (Å²) in [5, 5.41) is 3.84. The first kappa shape index (κ1) is 9.95. The predicted octanol–water partition coefficient (Wildman–Crippen LogP) is -0.266. The summed E-state index contributed by atoms with van der Waals surface area (Å²) < 4.78 is 1.14. The first-order valence-corrected chi connectivity index (χ1v) is 5.11. The van der Waals surface area contributed by atoms with Crippen LogP contribution >= 0.6 is 0 Å². The van der Waals surface area contributed by atoms with E-state index in [-0.39, 0.29) is 17.4 Å². The average Bonchev–Trinajstić information content (AvgIpc) is 2.59. The van der Waals surface area contributed by atoms with E-state index in [4.69, 9.17) is 0 Å². The molecule has 0 atom stereocenters. The van der Waals surface area contributed by atoms with E-state index in [0.29, 0.717) is 0 Å². The van der Waals surface area contributed by atoms with Crippen LogP contribution in [0.1, 0.15) is 29.9 Å². The van der Waals surface area contributed by atoms with Crippen molar-refractivity contribution in [1.82, 2.24) is 19.7 Å². The molecule has 1 aromatic rings. The van der Waals surface area contributed by atoms with Gasteiger partial charge in [0.2, 0.25) is 5.82 Å². The lowest BCUT2D eigenvalue weighted by molar-refractivity contribution is 0.0711. The number of carbonyl (C=O) groups is 1. The number of nitrogens with zero attached hydrogens (tertiary/aromatic N) is 3. The molecule has 6 nitrogen and oxygen atoms in total. The number of nitrogens with one attached hydrogen (secondary N) is 1. The Bertz CT molecular complexity index is 414. The maximum absolute atomic E-state index is 11.8. The van der Waals surface area contributed by atoms with Crippen molar-refractivity contribution in [3.05, 3.63) is 16.3 Å². The van der Waals surface area contributed by atoms with E-state index in [9.17, 15) is 9.59 Å². The van der Waals surface area contributed by atoms with E-state index in [1.807, 2.05) is 0 Å². The molecule has 0 spiro atoms. The number of rotatable bonds is 1. The van der Waals surface area contributed by atoms with Gasteiger partial charge in [-0.3, -0.25) is 9.78 Å². The second kappa shape index (κ2) is 3.88. The van der Waals surface area contributed by atoms with Crippen LogP contribution in [0.5, 0.6) is 0 Å². The number of amides is 1. The summed E-state index contributed by atoms with van der Waals surface area (Å²) in [5.74, 6) is -0.0307. The van der Waals surface area contributed by atoms with E-state index in [1.165, 1.54) is 13.5 Å². The number of aromatic nitrogens is 3. The lowest BCUT2D eigenvalue weighted by atomic mass is 10.1. The Hall–Kier alpha value is -1.59. The number of likely N-dealkylation sites (tertiary alicyclic amines) is 1. The summed E-state index contributed by atoms with van der Waals surface area (Å²) in [7, 11) is 1.52. The van der Waals surface area contributed by atoms with Gasteiger partial charge < -0.3 is 4.90 Å². The van der Waals surface area contributed by atoms with Gasteiger partial charge in [0, 0.05) is 20.1 Å². The maximum atomic E-state index is 11.8. The van der Waals surface area contributed by atoms with Crippen molar-refractivity contribution in [2.45, 2.75) is 19.3 Å². The zero-order valence-electron chi connectivity index (χ0n) is 8.69. The second-order valence-corrected chi connectivity index (χ2v) is 3.76. The van der Waals surface area contributed by atoms with E-state index < -0.39 is 0 Å². The Kier molecular flexibility index (Phi) is 2.57. The van der Waals surface area contributed by atoms with Gasteiger partial charge in [0.15, 0.2) is 0 Å². The first-order valence-electron chi connectivity index (χ1n) is 5.11. The van der Waals surface area contributed by atoms with Gasteiger partial charge in [-0.15, -0.1) is 5.10 Å². The van der Waals surface area contributed by atoms with Gasteiger partial charge in [0.25, 0.3) is 5.91 Å². The molecule has 1 aliphatic heterocycles. The number of piperidine rings is 1. The zero-order chi connectivity index (χ0) is 10.8. The molecule has 0 bridgehead atoms. The molecule has 0 aliphatic carbocycles. The van der Waals surface area contributed by atoms with Gasteiger partial charge in [0.05, 0.1) is 0 Å². The molecule has 2 heterocycles. The Morgan fingerprint density at radius 1 is 1.33 bits per heavy atom. The normalized spacial score (nSPS) is 16.7. The molecular weight excluding hydrogens is 196 g/mol. The molecule has 0 saturated carbocycles. The smallest absolute Gasteiger partial charge is 0.336 e. The summed E-state index contributed by atoms with van der Waals surface area (Å²) in [6.45, 7) is 1.52. The summed E-state index contributed by atoms with van der Waals surface area (Å²) in [6.07, 6.45) is 3.23. The topological polar surface area (TPSA) is 71.0 Å². The summed E-state index contributed by atoms with van der Waals surface area (Å²) in [5.41, 5.74) is -0.352. The molecule has 0 radical (unpaired) electrons. The van der Waals surface area contributed by atoms with Crippen molar-refractivity contribution in [3.8, 4) is 0 Å². The van der Waals surface area contributed by atoms with Crippen molar-refractivity contribution >= 4 is 5.91 Å². The molecule has 15 heavy (non-hydrogen) atoms. The van der Waals surface area contributed by atoms with Crippen LogP contribution in [0.3, 0.4) is 0 Å². The highest BCUT2D eigenvalue weighted by molar-refractivity contribution is 5.90. The molecular formula is C9H14N4O2. The van der Waals surface area contributed by atoms with Crippen LogP contribution in [-0.4, -0.2) is 38.7 Å². The fourth-order valence-electron chi connectivity index (χ4n) is 1.75. The summed E-state index contributed by atoms with van der Waals surface area (Å²) in [6, 6.07) is 0. The van der Waals surface area contributed by atoms with Crippen LogP contribution in [-0.2, 0) is 7.05 Å². The van der Waals surface area contributed by atoms with Crippen molar-refractivity contribution in [3.63, 3.8) is 0 Å². The van der Waals surface area contributed by atoms with Crippen LogP contribution in [0, 0.1) is 0 Å². The number of aryl methyl sites for hydroxylation is 1. The van der Waals surface area contributed by atoms with Gasteiger partial charge in [-0.25, -0.2) is 9.48 Å². The lowest BCUT2D eigenvalue weighted by Crippen LogP contribution is -2.36. The lowest BCUT2D eigenvalue weighted by Gasteiger charge is -2.25. The highest BCUT2D eigenvalue weighted by Crippen LogP contribution is 2.10. The monoisotopic (exact) mass is 210 g/mol. The fraction of sp³-hybridized carbons (Fsp3) is 0.667. The molecule has 82 valence electrons. The molecule has 1 amide bonds. The third-order valence-corrected chi connectivity index (χ3v) is 2.62. The molecule has 2 rings (SSSR count). The molecule has 6 heteroatoms. The molecule has 1 aromatic heterocycles. The van der Waals surface area contributed by atoms with Gasteiger partial charge in [-0.05, 0) is 19.3 Å². The average molecular weight is 210 g/mol. The third-order valence-electron chi connectivity index (χ3n) is 2.62. The third kappa shape index (κ3) is 1.93. The van der Waals surface area contributed by atoms with Crippen LogP contribution in [0.2, 0.25) is 0 Å². The van der Waals surface area contributed by atoms with E-state index >= 15 is 0 Å². The molecule has 1 fully saturated rings. The van der Waals surface area contributed by atoms with Crippen LogP contribution in [0.15, 0.2) is 4.79 Å². The fourth-order valence-corrected chi connectivity index (χ4v) is 1.75. The maximum Gasteiger partial charge on any atom is 0.343 e. The van der Waals surface area contributed by atoms with Crippen molar-refractivity contribution in [2.75, 3.05) is 13.1 Å². The molecule has 0 aromatic carbocycles. The van der Waals surface area contributed by atoms with E-state index in [2.05, 4.69) is 10.1 Å². The van der Waals surface area contributed by atoms with Crippen molar-refractivity contribution in [1.29, 1.82) is 0 Å². The molecule has 1 aliphatic rings. The second-order valence-electron chi connectivity index (χ2n) is 3.76. The number of aromatic amines is 1. The Labute approximate surface area is 86.9 Å². The number of hydrogen-bond acceptors (Lipinski definition) is 3. The minimum absolute atomic E-state index is 0.143.